The average Bonchev–Trinajstić information content (AvgIpc) is 3.20. The molecular weight excluding hydrogens is 426 g/mol. The highest BCUT2D eigenvalue weighted by atomic mass is 16.5. The highest BCUT2D eigenvalue weighted by Gasteiger charge is 2.19. The van der Waals surface area contributed by atoms with Gasteiger partial charge in [0.05, 0.1) is 23.4 Å². The number of benzene rings is 3. The van der Waals surface area contributed by atoms with Crippen molar-refractivity contribution in [1.82, 2.24) is 4.57 Å². The van der Waals surface area contributed by atoms with Crippen molar-refractivity contribution in [2.24, 2.45) is 0 Å². The predicted molar refractivity (Wildman–Crippen MR) is 134 cm³/mol. The Kier molecular flexibility index (Phi) is 7.14. The minimum absolute atomic E-state index is 0.378. The lowest BCUT2D eigenvalue weighted by atomic mass is 10.1. The summed E-state index contributed by atoms with van der Waals surface area (Å²) < 4.78 is 13.2. The van der Waals surface area contributed by atoms with Crippen LogP contribution in [0.2, 0.25) is 0 Å². The summed E-state index contributed by atoms with van der Waals surface area (Å²) in [6.07, 6.45) is 0.294. The molecule has 0 saturated heterocycles. The van der Waals surface area contributed by atoms with Crippen LogP contribution >= 0.6 is 0 Å². The topological polar surface area (TPSA) is 76.3 Å². The highest BCUT2D eigenvalue weighted by Crippen LogP contribution is 2.36. The Hall–Kier alpha value is -4.24. The Morgan fingerprint density at radius 1 is 1.03 bits per heavy atom. The van der Waals surface area contributed by atoms with E-state index >= 15 is 0 Å². The summed E-state index contributed by atoms with van der Waals surface area (Å²) >= 11 is 0. The van der Waals surface area contributed by atoms with Gasteiger partial charge in [0.1, 0.15) is 18.4 Å². The Labute approximate surface area is 199 Å². The van der Waals surface area contributed by atoms with Crippen molar-refractivity contribution < 1.29 is 14.3 Å². The van der Waals surface area contributed by atoms with Gasteiger partial charge in [0.15, 0.2) is 0 Å². The summed E-state index contributed by atoms with van der Waals surface area (Å²) in [6, 6.07) is 25.7. The standard InChI is InChI=1S/C28H27N3O3/c1-3-16-33-28(32)30-22-12-10-21(11-13-22)27-25(18-29)24-17-23(14-15-26(24)31(27)4-2)34-19-20-8-6-5-7-9-20/h5-15,17H,3-4,16,19H2,1-2H3,(H,30,32). The third kappa shape index (κ3) is 4.89. The molecule has 0 saturated carbocycles. The quantitative estimate of drug-likeness (QED) is 0.321. The first-order valence-electron chi connectivity index (χ1n) is 11.4. The van der Waals surface area contributed by atoms with Crippen molar-refractivity contribution >= 4 is 22.7 Å². The molecule has 4 rings (SSSR count). The Morgan fingerprint density at radius 3 is 2.47 bits per heavy atom. The number of nitrogens with one attached hydrogen (secondary N) is 1. The van der Waals surface area contributed by atoms with E-state index in [0.29, 0.717) is 31.0 Å². The maximum absolute atomic E-state index is 11.8. The lowest BCUT2D eigenvalue weighted by Crippen LogP contribution is -2.13. The van der Waals surface area contributed by atoms with Crippen LogP contribution in [0, 0.1) is 11.3 Å². The average molecular weight is 454 g/mol. The van der Waals surface area contributed by atoms with E-state index in [1.165, 1.54) is 0 Å². The van der Waals surface area contributed by atoms with Crippen LogP contribution in [-0.4, -0.2) is 17.3 Å². The van der Waals surface area contributed by atoms with Gasteiger partial charge in [0.25, 0.3) is 0 Å². The van der Waals surface area contributed by atoms with E-state index in [9.17, 15) is 10.1 Å². The van der Waals surface area contributed by atoms with E-state index in [1.807, 2.05) is 79.7 Å². The Morgan fingerprint density at radius 2 is 1.79 bits per heavy atom. The van der Waals surface area contributed by atoms with E-state index in [4.69, 9.17) is 9.47 Å². The Balaban J connectivity index is 1.64. The van der Waals surface area contributed by atoms with Crippen molar-refractivity contribution in [3.63, 3.8) is 0 Å². The van der Waals surface area contributed by atoms with Gasteiger partial charge in [-0.2, -0.15) is 5.26 Å². The summed E-state index contributed by atoms with van der Waals surface area (Å²) in [5.74, 6) is 0.720. The lowest BCUT2D eigenvalue weighted by Gasteiger charge is -2.10. The lowest BCUT2D eigenvalue weighted by molar-refractivity contribution is 0.161. The number of carbonyl (C=O) groups excluding carboxylic acids is 1. The van der Waals surface area contributed by atoms with Gasteiger partial charge in [0, 0.05) is 17.6 Å². The highest BCUT2D eigenvalue weighted by molar-refractivity contribution is 5.95. The van der Waals surface area contributed by atoms with Crippen LogP contribution in [-0.2, 0) is 17.9 Å². The van der Waals surface area contributed by atoms with Crippen LogP contribution in [0.4, 0.5) is 10.5 Å². The van der Waals surface area contributed by atoms with Crippen LogP contribution in [0.1, 0.15) is 31.4 Å². The number of hydrogen-bond donors (Lipinski definition) is 1. The molecule has 0 spiro atoms. The van der Waals surface area contributed by atoms with E-state index in [0.717, 1.165) is 39.9 Å². The van der Waals surface area contributed by atoms with Crippen molar-refractivity contribution in [3.8, 4) is 23.1 Å². The molecule has 1 amide bonds. The molecule has 0 radical (unpaired) electrons. The monoisotopic (exact) mass is 453 g/mol. The predicted octanol–water partition coefficient (Wildman–Crippen LogP) is 6.74. The summed E-state index contributed by atoms with van der Waals surface area (Å²) in [7, 11) is 0. The number of amides is 1. The largest absolute Gasteiger partial charge is 0.489 e. The number of fused-ring (bicyclic) bond motifs is 1. The molecule has 6 nitrogen and oxygen atoms in total. The fraction of sp³-hybridized carbons (Fsp3) is 0.214. The molecule has 6 heteroatoms. The third-order valence-electron chi connectivity index (χ3n) is 5.55. The minimum Gasteiger partial charge on any atom is -0.489 e. The first-order chi connectivity index (χ1) is 16.6. The number of nitrogens with zero attached hydrogens (tertiary/aromatic N) is 2. The normalized spacial score (nSPS) is 10.6. The molecule has 1 heterocycles. The molecule has 0 aliphatic heterocycles. The van der Waals surface area contributed by atoms with Crippen LogP contribution in [0.15, 0.2) is 72.8 Å². The van der Waals surface area contributed by atoms with Crippen LogP contribution in [0.25, 0.3) is 22.2 Å². The number of hydrogen-bond acceptors (Lipinski definition) is 4. The van der Waals surface area contributed by atoms with Gasteiger partial charge in [-0.25, -0.2) is 4.79 Å². The number of aryl methyl sites for hydroxylation is 1. The third-order valence-corrected chi connectivity index (χ3v) is 5.55. The van der Waals surface area contributed by atoms with Crippen molar-refractivity contribution in [2.75, 3.05) is 11.9 Å². The van der Waals surface area contributed by atoms with Crippen molar-refractivity contribution in [2.45, 2.75) is 33.4 Å². The molecular formula is C28H27N3O3. The van der Waals surface area contributed by atoms with E-state index in [-0.39, 0.29) is 0 Å². The molecule has 0 aliphatic carbocycles. The molecule has 0 unspecified atom stereocenters. The molecule has 0 bridgehead atoms. The van der Waals surface area contributed by atoms with Gasteiger partial charge < -0.3 is 14.0 Å². The van der Waals surface area contributed by atoms with Gasteiger partial charge >= 0.3 is 6.09 Å². The molecule has 1 aromatic heterocycles. The summed E-state index contributed by atoms with van der Waals surface area (Å²) in [5, 5.41) is 13.6. The first-order valence-corrected chi connectivity index (χ1v) is 11.4. The summed E-state index contributed by atoms with van der Waals surface area (Å²) in [5.41, 5.74) is 5.05. The van der Waals surface area contributed by atoms with E-state index in [2.05, 4.69) is 22.9 Å². The SMILES string of the molecule is CCCOC(=O)Nc1ccc(-c2c(C#N)c3cc(OCc4ccccc4)ccc3n2CC)cc1. The fourth-order valence-corrected chi connectivity index (χ4v) is 3.97. The molecule has 172 valence electrons. The number of aromatic nitrogens is 1. The van der Waals surface area contributed by atoms with Gasteiger partial charge in [-0.1, -0.05) is 49.4 Å². The molecule has 3 aromatic carbocycles. The van der Waals surface area contributed by atoms with Crippen molar-refractivity contribution in [3.05, 3.63) is 83.9 Å². The van der Waals surface area contributed by atoms with E-state index in [1.54, 1.807) is 0 Å². The van der Waals surface area contributed by atoms with Crippen LogP contribution in [0.5, 0.6) is 5.75 Å². The van der Waals surface area contributed by atoms with Gasteiger partial charge in [-0.05, 0) is 54.8 Å². The van der Waals surface area contributed by atoms with E-state index < -0.39 is 6.09 Å². The fourth-order valence-electron chi connectivity index (χ4n) is 3.97. The van der Waals surface area contributed by atoms with Crippen LogP contribution in [0.3, 0.4) is 0 Å². The molecule has 0 atom stereocenters. The van der Waals surface area contributed by atoms with Gasteiger partial charge in [-0.3, -0.25) is 5.32 Å². The number of rotatable bonds is 8. The Bertz CT molecular complexity index is 1320. The van der Waals surface area contributed by atoms with Crippen molar-refractivity contribution in [1.29, 1.82) is 5.26 Å². The smallest absolute Gasteiger partial charge is 0.411 e. The van der Waals surface area contributed by atoms with Gasteiger partial charge in [0.2, 0.25) is 0 Å². The molecule has 4 aromatic rings. The minimum atomic E-state index is -0.474. The number of nitriles is 1. The second-order valence-electron chi connectivity index (χ2n) is 7.87. The number of anilines is 1. The summed E-state index contributed by atoms with van der Waals surface area (Å²) in [4.78, 5) is 11.8. The second-order valence-corrected chi connectivity index (χ2v) is 7.87. The zero-order chi connectivity index (χ0) is 23.9. The summed E-state index contributed by atoms with van der Waals surface area (Å²) in [6.45, 7) is 5.55. The second kappa shape index (κ2) is 10.6. The van der Waals surface area contributed by atoms with Gasteiger partial charge in [-0.15, -0.1) is 0 Å². The zero-order valence-corrected chi connectivity index (χ0v) is 19.4. The molecule has 0 aliphatic rings. The first kappa shape index (κ1) is 22.9. The molecule has 0 fully saturated rings. The maximum Gasteiger partial charge on any atom is 0.411 e. The molecule has 34 heavy (non-hydrogen) atoms. The maximum atomic E-state index is 11.8. The zero-order valence-electron chi connectivity index (χ0n) is 19.4. The molecule has 1 N–H and O–H groups in total. The number of ether oxygens (including phenoxy) is 2. The number of carbonyl (C=O) groups is 1. The van der Waals surface area contributed by atoms with Crippen LogP contribution < -0.4 is 10.1 Å².